The Kier molecular flexibility index (Phi) is 3.62. The fourth-order valence-electron chi connectivity index (χ4n) is 2.82. The second kappa shape index (κ2) is 5.58. The molecule has 0 unspecified atom stereocenters. The lowest BCUT2D eigenvalue weighted by Gasteiger charge is -2.05. The van der Waals surface area contributed by atoms with Gasteiger partial charge in [-0.1, -0.05) is 18.2 Å². The second-order valence-corrected chi connectivity index (χ2v) is 5.04. The predicted octanol–water partition coefficient (Wildman–Crippen LogP) is 2.50. The van der Waals surface area contributed by atoms with Crippen molar-refractivity contribution in [1.82, 2.24) is 9.88 Å². The van der Waals surface area contributed by atoms with Crippen LogP contribution in [-0.2, 0) is 6.54 Å². The Morgan fingerprint density at radius 2 is 1.90 bits per heavy atom. The Labute approximate surface area is 123 Å². The van der Waals surface area contributed by atoms with Gasteiger partial charge in [0.15, 0.2) is 0 Å². The maximum Gasteiger partial charge on any atom is 0.251 e. The Morgan fingerprint density at radius 3 is 2.67 bits per heavy atom. The van der Waals surface area contributed by atoms with Crippen molar-refractivity contribution in [2.24, 2.45) is 5.73 Å². The molecule has 3 aromatic rings. The summed E-state index contributed by atoms with van der Waals surface area (Å²) in [6.45, 7) is 3.98. The quantitative estimate of drug-likeness (QED) is 0.772. The molecule has 21 heavy (non-hydrogen) atoms. The summed E-state index contributed by atoms with van der Waals surface area (Å²) < 4.78 is 2.27. The molecule has 1 aromatic heterocycles. The van der Waals surface area contributed by atoms with Crippen molar-refractivity contribution >= 4 is 27.7 Å². The van der Waals surface area contributed by atoms with Gasteiger partial charge in [0.1, 0.15) is 0 Å². The van der Waals surface area contributed by atoms with Crippen LogP contribution >= 0.6 is 0 Å². The molecule has 0 saturated heterocycles. The molecule has 0 aliphatic carbocycles. The van der Waals surface area contributed by atoms with Crippen LogP contribution in [0.4, 0.5) is 0 Å². The van der Waals surface area contributed by atoms with Crippen molar-refractivity contribution in [1.29, 1.82) is 0 Å². The minimum absolute atomic E-state index is 0.0734. The number of aromatic nitrogens is 1. The number of rotatable bonds is 4. The SMILES string of the molecule is CCn1c2ccccc2c2cc(C(=O)NCCN)ccc21. The normalized spacial score (nSPS) is 11.1. The highest BCUT2D eigenvalue weighted by atomic mass is 16.1. The van der Waals surface area contributed by atoms with E-state index in [-0.39, 0.29) is 5.91 Å². The Balaban J connectivity index is 2.17. The first-order chi connectivity index (χ1) is 10.3. The molecule has 3 N–H and O–H groups in total. The van der Waals surface area contributed by atoms with E-state index in [0.29, 0.717) is 18.7 Å². The molecule has 1 heterocycles. The first-order valence-electron chi connectivity index (χ1n) is 7.25. The minimum atomic E-state index is -0.0734. The van der Waals surface area contributed by atoms with E-state index in [1.165, 1.54) is 10.9 Å². The van der Waals surface area contributed by atoms with E-state index in [1.807, 2.05) is 30.3 Å². The molecule has 0 aliphatic heterocycles. The summed E-state index contributed by atoms with van der Waals surface area (Å²) in [5.74, 6) is -0.0734. The van der Waals surface area contributed by atoms with E-state index in [9.17, 15) is 4.79 Å². The van der Waals surface area contributed by atoms with Gasteiger partial charge in [0.25, 0.3) is 5.91 Å². The standard InChI is InChI=1S/C17H19N3O/c1-2-20-15-6-4-3-5-13(15)14-11-12(7-8-16(14)20)17(21)19-10-9-18/h3-8,11H,2,9-10,18H2,1H3,(H,19,21). The molecule has 0 spiro atoms. The van der Waals surface area contributed by atoms with Gasteiger partial charge in [0, 0.05) is 47.0 Å². The fraction of sp³-hybridized carbons (Fsp3) is 0.235. The van der Waals surface area contributed by atoms with Crippen molar-refractivity contribution in [2.45, 2.75) is 13.5 Å². The first kappa shape index (κ1) is 13.6. The number of hydrogen-bond donors (Lipinski definition) is 2. The molecule has 2 aromatic carbocycles. The first-order valence-corrected chi connectivity index (χ1v) is 7.25. The van der Waals surface area contributed by atoms with Crippen LogP contribution < -0.4 is 11.1 Å². The predicted molar refractivity (Wildman–Crippen MR) is 86.5 cm³/mol. The number of hydrogen-bond acceptors (Lipinski definition) is 2. The van der Waals surface area contributed by atoms with E-state index in [2.05, 4.69) is 28.9 Å². The van der Waals surface area contributed by atoms with Gasteiger partial charge in [0.2, 0.25) is 0 Å². The van der Waals surface area contributed by atoms with Crippen molar-refractivity contribution in [3.63, 3.8) is 0 Å². The third-order valence-corrected chi connectivity index (χ3v) is 3.78. The number of aryl methyl sites for hydroxylation is 1. The number of fused-ring (bicyclic) bond motifs is 3. The summed E-state index contributed by atoms with van der Waals surface area (Å²) in [6.07, 6.45) is 0. The molecule has 0 radical (unpaired) electrons. The van der Waals surface area contributed by atoms with Crippen LogP contribution in [0, 0.1) is 0 Å². The van der Waals surface area contributed by atoms with Gasteiger partial charge in [-0.2, -0.15) is 0 Å². The summed E-state index contributed by atoms with van der Waals surface area (Å²) in [6, 6.07) is 14.2. The zero-order valence-corrected chi connectivity index (χ0v) is 12.1. The van der Waals surface area contributed by atoms with Crippen LogP contribution in [0.2, 0.25) is 0 Å². The van der Waals surface area contributed by atoms with Crippen LogP contribution in [0.5, 0.6) is 0 Å². The van der Waals surface area contributed by atoms with Crippen LogP contribution in [0.1, 0.15) is 17.3 Å². The number of nitrogens with two attached hydrogens (primary N) is 1. The molecule has 0 atom stereocenters. The number of carbonyl (C=O) groups is 1. The number of amides is 1. The molecule has 0 bridgehead atoms. The molecule has 108 valence electrons. The third-order valence-electron chi connectivity index (χ3n) is 3.78. The molecular formula is C17H19N3O. The van der Waals surface area contributed by atoms with Gasteiger partial charge >= 0.3 is 0 Å². The lowest BCUT2D eigenvalue weighted by Crippen LogP contribution is -2.28. The summed E-state index contributed by atoms with van der Waals surface area (Å²) in [5.41, 5.74) is 8.46. The maximum atomic E-state index is 12.1. The fourth-order valence-corrected chi connectivity index (χ4v) is 2.82. The summed E-state index contributed by atoms with van der Waals surface area (Å²) in [5, 5.41) is 5.11. The second-order valence-electron chi connectivity index (χ2n) is 5.04. The van der Waals surface area contributed by atoms with Gasteiger partial charge in [-0.05, 0) is 31.2 Å². The van der Waals surface area contributed by atoms with Gasteiger partial charge in [-0.3, -0.25) is 4.79 Å². The number of para-hydroxylation sites is 1. The monoisotopic (exact) mass is 281 g/mol. The van der Waals surface area contributed by atoms with E-state index < -0.39 is 0 Å². The molecule has 3 rings (SSSR count). The van der Waals surface area contributed by atoms with E-state index >= 15 is 0 Å². The highest BCUT2D eigenvalue weighted by molar-refractivity contribution is 6.10. The van der Waals surface area contributed by atoms with Crippen molar-refractivity contribution in [3.05, 3.63) is 48.0 Å². The van der Waals surface area contributed by atoms with Gasteiger partial charge in [0.05, 0.1) is 0 Å². The van der Waals surface area contributed by atoms with Crippen LogP contribution in [0.15, 0.2) is 42.5 Å². The topological polar surface area (TPSA) is 60.0 Å². The lowest BCUT2D eigenvalue weighted by atomic mass is 10.1. The Morgan fingerprint density at radius 1 is 1.14 bits per heavy atom. The number of nitrogens with zero attached hydrogens (tertiary/aromatic N) is 1. The summed E-state index contributed by atoms with van der Waals surface area (Å²) in [7, 11) is 0. The average Bonchev–Trinajstić information content (AvgIpc) is 2.85. The van der Waals surface area contributed by atoms with Gasteiger partial charge < -0.3 is 15.6 Å². The van der Waals surface area contributed by atoms with E-state index in [4.69, 9.17) is 5.73 Å². The minimum Gasteiger partial charge on any atom is -0.351 e. The number of carbonyl (C=O) groups excluding carboxylic acids is 1. The Hall–Kier alpha value is -2.33. The average molecular weight is 281 g/mol. The zero-order valence-electron chi connectivity index (χ0n) is 12.1. The maximum absolute atomic E-state index is 12.1. The van der Waals surface area contributed by atoms with Crippen molar-refractivity contribution < 1.29 is 4.79 Å². The smallest absolute Gasteiger partial charge is 0.251 e. The van der Waals surface area contributed by atoms with E-state index in [0.717, 1.165) is 17.4 Å². The molecule has 1 amide bonds. The van der Waals surface area contributed by atoms with Gasteiger partial charge in [-0.15, -0.1) is 0 Å². The number of benzene rings is 2. The third kappa shape index (κ3) is 2.28. The lowest BCUT2D eigenvalue weighted by molar-refractivity contribution is 0.0955. The highest BCUT2D eigenvalue weighted by Crippen LogP contribution is 2.29. The van der Waals surface area contributed by atoms with Crippen LogP contribution in [0.3, 0.4) is 0 Å². The molecule has 0 saturated carbocycles. The Bertz CT molecular complexity index is 804. The van der Waals surface area contributed by atoms with Gasteiger partial charge in [-0.25, -0.2) is 0 Å². The van der Waals surface area contributed by atoms with E-state index in [1.54, 1.807) is 0 Å². The van der Waals surface area contributed by atoms with Crippen molar-refractivity contribution in [3.8, 4) is 0 Å². The van der Waals surface area contributed by atoms with Crippen LogP contribution in [0.25, 0.3) is 21.8 Å². The molecule has 0 aliphatic rings. The number of nitrogens with one attached hydrogen (secondary N) is 1. The summed E-state index contributed by atoms with van der Waals surface area (Å²) in [4.78, 5) is 12.1. The largest absolute Gasteiger partial charge is 0.351 e. The van der Waals surface area contributed by atoms with Crippen molar-refractivity contribution in [2.75, 3.05) is 13.1 Å². The zero-order chi connectivity index (χ0) is 14.8. The summed E-state index contributed by atoms with van der Waals surface area (Å²) >= 11 is 0. The highest BCUT2D eigenvalue weighted by Gasteiger charge is 2.12. The molecule has 4 heteroatoms. The molecule has 0 fully saturated rings. The van der Waals surface area contributed by atoms with Crippen LogP contribution in [-0.4, -0.2) is 23.6 Å². The molecular weight excluding hydrogens is 262 g/mol. The molecule has 4 nitrogen and oxygen atoms in total.